The maximum absolute atomic E-state index is 14.3. The molecule has 2 spiro atoms. The van der Waals surface area contributed by atoms with Crippen LogP contribution in [0.2, 0.25) is 0 Å². The topological polar surface area (TPSA) is 74.6 Å². The third-order valence-electron chi connectivity index (χ3n) is 7.53. The zero-order valence-corrected chi connectivity index (χ0v) is 19.7. The van der Waals surface area contributed by atoms with Gasteiger partial charge in [-0.2, -0.15) is 20.2 Å². The van der Waals surface area contributed by atoms with Gasteiger partial charge in [0.05, 0.1) is 29.9 Å². The number of hydrogen-bond acceptors (Lipinski definition) is 5. The minimum absolute atomic E-state index is 0.216. The third-order valence-corrected chi connectivity index (χ3v) is 7.53. The van der Waals surface area contributed by atoms with Gasteiger partial charge in [0, 0.05) is 5.92 Å². The molecule has 7 heteroatoms. The molecular formula is C28H24N4O3. The van der Waals surface area contributed by atoms with E-state index in [9.17, 15) is 9.59 Å². The van der Waals surface area contributed by atoms with E-state index in [4.69, 9.17) is 14.9 Å². The summed E-state index contributed by atoms with van der Waals surface area (Å²) in [6, 6.07) is 26.2. The Morgan fingerprint density at radius 1 is 0.714 bits per heavy atom. The number of hydrazone groups is 2. The minimum Gasteiger partial charge on any atom is -0.497 e. The number of rotatable bonds is 4. The van der Waals surface area contributed by atoms with Crippen molar-refractivity contribution in [1.82, 2.24) is 0 Å². The number of anilines is 2. The van der Waals surface area contributed by atoms with Gasteiger partial charge in [-0.3, -0.25) is 9.59 Å². The summed E-state index contributed by atoms with van der Waals surface area (Å²) >= 11 is 0. The first-order valence-electron chi connectivity index (χ1n) is 11.5. The Balaban J connectivity index is 1.54. The Labute approximate surface area is 203 Å². The molecule has 1 saturated carbocycles. The number of benzene rings is 3. The zero-order valence-electron chi connectivity index (χ0n) is 19.7. The molecule has 174 valence electrons. The average molecular weight is 465 g/mol. The predicted octanol–water partition coefficient (Wildman–Crippen LogP) is 4.61. The number of nitrogens with zero attached hydrogens (tertiary/aromatic N) is 4. The zero-order chi connectivity index (χ0) is 24.4. The highest BCUT2D eigenvalue weighted by molar-refractivity contribution is 6.37. The van der Waals surface area contributed by atoms with Crippen LogP contribution in [0.3, 0.4) is 0 Å². The molecule has 0 radical (unpaired) electrons. The van der Waals surface area contributed by atoms with Gasteiger partial charge in [-0.25, -0.2) is 0 Å². The Morgan fingerprint density at radius 3 is 1.66 bits per heavy atom. The molecule has 0 aromatic heterocycles. The standard InChI is InChI=1S/C28H24N4O3/c1-18-27(25(33)31(29-18)21-12-6-4-7-13-21)24(20-11-10-16-23(17-20)35-3)28(27)19(2)30-32(26(28)34)22-14-8-5-9-15-22/h4-17,24H,1-3H3/t27-,28-/m1/s1. The highest BCUT2D eigenvalue weighted by atomic mass is 16.5. The molecular weight excluding hydrogens is 440 g/mol. The van der Waals surface area contributed by atoms with Crippen molar-refractivity contribution in [1.29, 1.82) is 0 Å². The lowest BCUT2D eigenvalue weighted by atomic mass is 9.85. The number of amides is 2. The Kier molecular flexibility index (Phi) is 4.48. The number of carbonyl (C=O) groups is 2. The number of methoxy groups -OCH3 is 1. The summed E-state index contributed by atoms with van der Waals surface area (Å²) in [6.07, 6.45) is 0. The van der Waals surface area contributed by atoms with Gasteiger partial charge in [0.1, 0.15) is 16.6 Å². The first kappa shape index (κ1) is 21.3. The van der Waals surface area contributed by atoms with Gasteiger partial charge >= 0.3 is 0 Å². The maximum atomic E-state index is 14.3. The van der Waals surface area contributed by atoms with Crippen molar-refractivity contribution in [2.45, 2.75) is 19.8 Å². The minimum atomic E-state index is -1.16. The monoisotopic (exact) mass is 464 g/mol. The van der Waals surface area contributed by atoms with E-state index >= 15 is 0 Å². The molecule has 0 unspecified atom stereocenters. The molecule has 3 aromatic carbocycles. The molecule has 0 N–H and O–H groups in total. The Hall–Kier alpha value is -4.26. The molecule has 0 bridgehead atoms. The number of para-hydroxylation sites is 2. The fourth-order valence-electron chi connectivity index (χ4n) is 6.05. The Morgan fingerprint density at radius 2 is 1.20 bits per heavy atom. The van der Waals surface area contributed by atoms with Crippen LogP contribution in [0.4, 0.5) is 11.4 Å². The van der Waals surface area contributed by atoms with Gasteiger partial charge in [-0.1, -0.05) is 48.5 Å². The van der Waals surface area contributed by atoms with Crippen LogP contribution in [0.1, 0.15) is 25.3 Å². The summed E-state index contributed by atoms with van der Waals surface area (Å²) < 4.78 is 5.47. The van der Waals surface area contributed by atoms with E-state index in [1.54, 1.807) is 7.11 Å². The van der Waals surface area contributed by atoms with Crippen molar-refractivity contribution in [3.63, 3.8) is 0 Å². The SMILES string of the molecule is COc1cccc(C2[C@]3(C(=O)N(c4ccccc4)N=C3C)[C@@]23C(=O)N(c2ccccc2)N=C3C)c1. The molecule has 6 rings (SSSR count). The predicted molar refractivity (Wildman–Crippen MR) is 135 cm³/mol. The molecule has 2 amide bonds. The van der Waals surface area contributed by atoms with Crippen molar-refractivity contribution in [3.05, 3.63) is 90.5 Å². The van der Waals surface area contributed by atoms with Crippen LogP contribution in [-0.4, -0.2) is 30.3 Å². The van der Waals surface area contributed by atoms with Gasteiger partial charge in [0.15, 0.2) is 0 Å². The van der Waals surface area contributed by atoms with Crippen LogP contribution < -0.4 is 14.8 Å². The van der Waals surface area contributed by atoms with Crippen LogP contribution in [0, 0.1) is 10.8 Å². The average Bonchev–Trinajstić information content (AvgIpc) is 3.38. The van der Waals surface area contributed by atoms with E-state index in [2.05, 4.69) is 0 Å². The molecule has 3 aliphatic rings. The molecule has 2 atom stereocenters. The van der Waals surface area contributed by atoms with E-state index in [-0.39, 0.29) is 11.8 Å². The van der Waals surface area contributed by atoms with E-state index in [0.29, 0.717) is 28.5 Å². The van der Waals surface area contributed by atoms with Crippen molar-refractivity contribution in [3.8, 4) is 5.75 Å². The van der Waals surface area contributed by atoms with Crippen molar-refractivity contribution >= 4 is 34.6 Å². The van der Waals surface area contributed by atoms with Crippen LogP contribution >= 0.6 is 0 Å². The maximum Gasteiger partial charge on any atom is 0.261 e. The highest BCUT2D eigenvalue weighted by Crippen LogP contribution is 2.79. The summed E-state index contributed by atoms with van der Waals surface area (Å²) in [7, 11) is 1.60. The lowest BCUT2D eigenvalue weighted by Crippen LogP contribution is -2.40. The fourth-order valence-corrected chi connectivity index (χ4v) is 6.05. The quantitative estimate of drug-likeness (QED) is 0.566. The van der Waals surface area contributed by atoms with E-state index in [1.165, 1.54) is 10.0 Å². The summed E-state index contributed by atoms with van der Waals surface area (Å²) in [4.78, 5) is 28.6. The second-order valence-corrected chi connectivity index (χ2v) is 9.10. The molecule has 35 heavy (non-hydrogen) atoms. The highest BCUT2D eigenvalue weighted by Gasteiger charge is 2.91. The third kappa shape index (κ3) is 2.55. The van der Waals surface area contributed by atoms with Crippen LogP contribution in [0.15, 0.2) is 95.1 Å². The fraction of sp³-hybridized carbons (Fsp3) is 0.214. The van der Waals surface area contributed by atoms with Gasteiger partial charge in [-0.15, -0.1) is 0 Å². The largest absolute Gasteiger partial charge is 0.497 e. The van der Waals surface area contributed by atoms with E-state index < -0.39 is 16.7 Å². The normalized spacial score (nSPS) is 27.0. The summed E-state index contributed by atoms with van der Waals surface area (Å²) in [5.74, 6) is -0.224. The smallest absolute Gasteiger partial charge is 0.261 e. The molecule has 7 nitrogen and oxygen atoms in total. The summed E-state index contributed by atoms with van der Waals surface area (Å²) in [6.45, 7) is 3.68. The number of fused-ring (bicyclic) bond motifs is 1. The second-order valence-electron chi connectivity index (χ2n) is 9.10. The van der Waals surface area contributed by atoms with Gasteiger partial charge in [0.2, 0.25) is 0 Å². The molecule has 2 aliphatic heterocycles. The van der Waals surface area contributed by atoms with E-state index in [1.807, 2.05) is 98.8 Å². The van der Waals surface area contributed by atoms with Gasteiger partial charge < -0.3 is 4.74 Å². The van der Waals surface area contributed by atoms with Crippen molar-refractivity contribution < 1.29 is 14.3 Å². The number of hydrogen-bond donors (Lipinski definition) is 0. The molecule has 1 aliphatic carbocycles. The van der Waals surface area contributed by atoms with Crippen molar-refractivity contribution in [2.75, 3.05) is 17.1 Å². The summed E-state index contributed by atoms with van der Waals surface area (Å²) in [5.41, 5.74) is 1.07. The first-order valence-corrected chi connectivity index (χ1v) is 11.5. The van der Waals surface area contributed by atoms with Crippen LogP contribution in [0.25, 0.3) is 0 Å². The second kappa shape index (κ2) is 7.37. The first-order chi connectivity index (χ1) is 17.0. The molecule has 1 fully saturated rings. The Bertz CT molecular complexity index is 1330. The van der Waals surface area contributed by atoms with Crippen molar-refractivity contribution in [2.24, 2.45) is 21.0 Å². The van der Waals surface area contributed by atoms with Gasteiger partial charge in [0.25, 0.3) is 11.8 Å². The van der Waals surface area contributed by atoms with E-state index in [0.717, 1.165) is 5.56 Å². The molecule has 2 heterocycles. The van der Waals surface area contributed by atoms with Gasteiger partial charge in [-0.05, 0) is 55.8 Å². The lowest BCUT2D eigenvalue weighted by Gasteiger charge is -2.18. The lowest BCUT2D eigenvalue weighted by molar-refractivity contribution is -0.126. The number of carbonyl (C=O) groups excluding carboxylic acids is 2. The summed E-state index contributed by atoms with van der Waals surface area (Å²) in [5, 5.41) is 12.3. The molecule has 3 aromatic rings. The van der Waals surface area contributed by atoms with Crippen LogP contribution in [-0.2, 0) is 9.59 Å². The van der Waals surface area contributed by atoms with Crippen LogP contribution in [0.5, 0.6) is 5.75 Å². The number of ether oxygens (including phenoxy) is 1. The molecule has 0 saturated heterocycles.